The summed E-state index contributed by atoms with van der Waals surface area (Å²) in [6, 6.07) is 4.77. The summed E-state index contributed by atoms with van der Waals surface area (Å²) in [5.41, 5.74) is 0.785. The Bertz CT molecular complexity index is 784. The molecule has 4 N–H and O–H groups in total. The summed E-state index contributed by atoms with van der Waals surface area (Å²) in [6.07, 6.45) is 2.59. The van der Waals surface area contributed by atoms with Crippen LogP contribution in [0.3, 0.4) is 0 Å². The molecule has 0 aliphatic rings. The summed E-state index contributed by atoms with van der Waals surface area (Å²) in [6.45, 7) is -0.0762. The molecule has 0 saturated carbocycles. The number of aromatic nitrogens is 2. The molecule has 2 rings (SSSR count). The van der Waals surface area contributed by atoms with Crippen molar-refractivity contribution in [3.8, 4) is 0 Å². The van der Waals surface area contributed by atoms with Crippen molar-refractivity contribution >= 4 is 39.2 Å². The number of primary sulfonamides is 1. The van der Waals surface area contributed by atoms with E-state index < -0.39 is 10.0 Å². The normalized spacial score (nSPS) is 12.9. The zero-order valence-electron chi connectivity index (χ0n) is 11.8. The van der Waals surface area contributed by atoms with E-state index in [-0.39, 0.29) is 23.5 Å². The van der Waals surface area contributed by atoms with Crippen LogP contribution in [0, 0.1) is 0 Å². The van der Waals surface area contributed by atoms with Gasteiger partial charge in [-0.15, -0.1) is 0 Å². The molecular weight excluding hydrogens is 363 g/mol. The van der Waals surface area contributed by atoms with E-state index in [2.05, 4.69) is 15.3 Å². The maximum absolute atomic E-state index is 11.2. The predicted octanol–water partition coefficient (Wildman–Crippen LogP) is 1.97. The van der Waals surface area contributed by atoms with Gasteiger partial charge >= 0.3 is 0 Å². The third-order valence-corrected chi connectivity index (χ3v) is 4.63. The van der Waals surface area contributed by atoms with Gasteiger partial charge in [-0.25, -0.2) is 23.5 Å². The molecular formula is C13H14Cl2N4O3S. The molecule has 10 heteroatoms. The molecule has 0 fully saturated rings. The Labute approximate surface area is 143 Å². The summed E-state index contributed by atoms with van der Waals surface area (Å²) in [4.78, 5) is 7.64. The van der Waals surface area contributed by atoms with Crippen molar-refractivity contribution in [2.75, 3.05) is 11.9 Å². The van der Waals surface area contributed by atoms with Crippen LogP contribution in [0.1, 0.15) is 18.0 Å². The number of aliphatic hydroxyl groups is 1. The van der Waals surface area contributed by atoms with Crippen molar-refractivity contribution in [3.63, 3.8) is 0 Å². The lowest BCUT2D eigenvalue weighted by molar-refractivity contribution is 0.280. The van der Waals surface area contributed by atoms with Gasteiger partial charge in [0.25, 0.3) is 0 Å². The highest BCUT2D eigenvalue weighted by molar-refractivity contribution is 7.89. The molecule has 1 aromatic heterocycles. The van der Waals surface area contributed by atoms with E-state index >= 15 is 0 Å². The molecule has 0 radical (unpaired) electrons. The first-order valence-electron chi connectivity index (χ1n) is 6.48. The first kappa shape index (κ1) is 17.9. The van der Waals surface area contributed by atoms with Gasteiger partial charge in [-0.05, 0) is 24.1 Å². The fraction of sp³-hybridized carbons (Fsp3) is 0.231. The third kappa shape index (κ3) is 4.76. The molecule has 1 unspecified atom stereocenters. The molecule has 0 aliphatic heterocycles. The van der Waals surface area contributed by atoms with Crippen LogP contribution in [0.15, 0.2) is 35.5 Å². The second-order valence-corrected chi connectivity index (χ2v) is 7.05. The van der Waals surface area contributed by atoms with E-state index in [0.29, 0.717) is 16.5 Å². The number of halogens is 2. The number of benzene rings is 1. The monoisotopic (exact) mass is 376 g/mol. The van der Waals surface area contributed by atoms with Crippen LogP contribution < -0.4 is 10.5 Å². The number of hydrogen-bond acceptors (Lipinski definition) is 6. The number of nitrogens with two attached hydrogens (primary N) is 1. The summed E-state index contributed by atoms with van der Waals surface area (Å²) in [5.74, 6) is 0.196. The Morgan fingerprint density at radius 2 is 1.87 bits per heavy atom. The minimum Gasteiger partial charge on any atom is -0.396 e. The van der Waals surface area contributed by atoms with Crippen molar-refractivity contribution in [2.45, 2.75) is 17.4 Å². The lowest BCUT2D eigenvalue weighted by atomic mass is 10.0. The fourth-order valence-electron chi connectivity index (χ4n) is 1.87. The molecule has 1 heterocycles. The third-order valence-electron chi connectivity index (χ3n) is 3.02. The molecule has 2 aromatic rings. The number of sulfonamides is 1. The van der Waals surface area contributed by atoms with Gasteiger partial charge in [-0.3, -0.25) is 0 Å². The fourth-order valence-corrected chi connectivity index (χ4v) is 2.58. The topological polar surface area (TPSA) is 118 Å². The molecule has 1 atom stereocenters. The van der Waals surface area contributed by atoms with Crippen LogP contribution in [0.25, 0.3) is 0 Å². The lowest BCUT2D eigenvalue weighted by Crippen LogP contribution is -2.16. The van der Waals surface area contributed by atoms with Crippen molar-refractivity contribution in [1.29, 1.82) is 0 Å². The number of rotatable bonds is 6. The van der Waals surface area contributed by atoms with Gasteiger partial charge in [-0.2, -0.15) is 0 Å². The van der Waals surface area contributed by atoms with Crippen molar-refractivity contribution in [3.05, 3.63) is 46.2 Å². The Morgan fingerprint density at radius 3 is 2.39 bits per heavy atom. The number of anilines is 1. The van der Waals surface area contributed by atoms with Crippen LogP contribution in [-0.2, 0) is 10.0 Å². The molecule has 124 valence electrons. The second kappa shape index (κ2) is 7.41. The first-order valence-corrected chi connectivity index (χ1v) is 8.78. The van der Waals surface area contributed by atoms with E-state index in [1.807, 2.05) is 0 Å². The predicted molar refractivity (Wildman–Crippen MR) is 87.9 cm³/mol. The SMILES string of the molecule is NS(=O)(=O)c1cnc(NC(CCO)c2ccc(Cl)c(Cl)c2)nc1. The average Bonchev–Trinajstić information content (AvgIpc) is 2.49. The zero-order valence-corrected chi connectivity index (χ0v) is 14.1. The van der Waals surface area contributed by atoms with Crippen LogP contribution in [-0.4, -0.2) is 30.1 Å². The summed E-state index contributed by atoms with van der Waals surface area (Å²) >= 11 is 11.9. The highest BCUT2D eigenvalue weighted by Gasteiger charge is 2.15. The van der Waals surface area contributed by atoms with Gasteiger partial charge in [0.15, 0.2) is 0 Å². The number of aliphatic hydroxyl groups excluding tert-OH is 1. The summed E-state index contributed by atoms with van der Waals surface area (Å²) < 4.78 is 22.4. The second-order valence-electron chi connectivity index (χ2n) is 4.67. The lowest BCUT2D eigenvalue weighted by Gasteiger charge is -2.18. The zero-order chi connectivity index (χ0) is 17.0. The van der Waals surface area contributed by atoms with E-state index in [1.54, 1.807) is 18.2 Å². The Balaban J connectivity index is 2.23. The Morgan fingerprint density at radius 1 is 1.22 bits per heavy atom. The van der Waals surface area contributed by atoms with Crippen LogP contribution in [0.2, 0.25) is 10.0 Å². The van der Waals surface area contributed by atoms with E-state index in [4.69, 9.17) is 28.3 Å². The summed E-state index contributed by atoms with van der Waals surface area (Å²) in [7, 11) is -3.85. The quantitative estimate of drug-likeness (QED) is 0.708. The molecule has 0 saturated heterocycles. The average molecular weight is 377 g/mol. The van der Waals surface area contributed by atoms with Crippen molar-refractivity contribution in [2.24, 2.45) is 5.14 Å². The first-order chi connectivity index (χ1) is 10.8. The van der Waals surface area contributed by atoms with Gasteiger partial charge in [0.2, 0.25) is 16.0 Å². The molecule has 1 aromatic carbocycles. The van der Waals surface area contributed by atoms with Gasteiger partial charge in [0, 0.05) is 6.61 Å². The van der Waals surface area contributed by atoms with E-state index in [9.17, 15) is 13.5 Å². The van der Waals surface area contributed by atoms with Gasteiger partial charge in [-0.1, -0.05) is 29.3 Å². The Hall–Kier alpha value is -1.45. The minimum absolute atomic E-state index is 0.0762. The summed E-state index contributed by atoms with van der Waals surface area (Å²) in [5, 5.41) is 18.0. The minimum atomic E-state index is -3.85. The van der Waals surface area contributed by atoms with Crippen molar-refractivity contribution in [1.82, 2.24) is 9.97 Å². The van der Waals surface area contributed by atoms with Gasteiger partial charge in [0.05, 0.1) is 28.5 Å². The largest absolute Gasteiger partial charge is 0.396 e. The number of nitrogens with zero attached hydrogens (tertiary/aromatic N) is 2. The van der Waals surface area contributed by atoms with Crippen LogP contribution in [0.4, 0.5) is 5.95 Å². The standard InChI is InChI=1S/C13H14Cl2N4O3S/c14-10-2-1-8(5-11(10)15)12(3-4-20)19-13-17-6-9(7-18-13)23(16,21)22/h1-2,5-7,12,20H,3-4H2,(H2,16,21,22)(H,17,18,19). The molecule has 0 amide bonds. The molecule has 7 nitrogen and oxygen atoms in total. The Kier molecular flexibility index (Phi) is 5.77. The molecule has 23 heavy (non-hydrogen) atoms. The van der Waals surface area contributed by atoms with Gasteiger partial charge < -0.3 is 10.4 Å². The van der Waals surface area contributed by atoms with Crippen molar-refractivity contribution < 1.29 is 13.5 Å². The van der Waals surface area contributed by atoms with E-state index in [1.165, 1.54) is 0 Å². The highest BCUT2D eigenvalue weighted by Crippen LogP contribution is 2.28. The molecule has 0 bridgehead atoms. The van der Waals surface area contributed by atoms with Gasteiger partial charge in [0.1, 0.15) is 4.90 Å². The molecule has 0 spiro atoms. The maximum atomic E-state index is 11.2. The van der Waals surface area contributed by atoms with E-state index in [0.717, 1.165) is 18.0 Å². The maximum Gasteiger partial charge on any atom is 0.241 e. The smallest absolute Gasteiger partial charge is 0.241 e. The molecule has 0 aliphatic carbocycles. The number of nitrogens with one attached hydrogen (secondary N) is 1. The van der Waals surface area contributed by atoms with Crippen LogP contribution >= 0.6 is 23.2 Å². The van der Waals surface area contributed by atoms with Crippen LogP contribution in [0.5, 0.6) is 0 Å². The highest BCUT2D eigenvalue weighted by atomic mass is 35.5. The number of hydrogen-bond donors (Lipinski definition) is 3.